The maximum Gasteiger partial charge on any atom is 0.308 e. The summed E-state index contributed by atoms with van der Waals surface area (Å²) in [5.41, 5.74) is -0.690. The van der Waals surface area contributed by atoms with Crippen molar-refractivity contribution in [2.75, 3.05) is 18.0 Å². The van der Waals surface area contributed by atoms with Crippen LogP contribution in [0.5, 0.6) is 0 Å². The molecule has 1 saturated heterocycles. The lowest BCUT2D eigenvalue weighted by Gasteiger charge is -2.21. The van der Waals surface area contributed by atoms with Crippen molar-refractivity contribution < 1.29 is 23.6 Å². The highest BCUT2D eigenvalue weighted by Crippen LogP contribution is 2.36. The van der Waals surface area contributed by atoms with E-state index in [1.54, 1.807) is 11.8 Å². The topological polar surface area (TPSA) is 83.7 Å². The number of nitrogens with zero attached hydrogens (tertiary/aromatic N) is 2. The van der Waals surface area contributed by atoms with Crippen LogP contribution in [0.1, 0.15) is 18.9 Å². The minimum Gasteiger partial charge on any atom is -0.481 e. The third-order valence-electron chi connectivity index (χ3n) is 3.73. The number of nitro groups is 1. The minimum absolute atomic E-state index is 0.119. The molecule has 8 heteroatoms. The van der Waals surface area contributed by atoms with Crippen LogP contribution in [-0.2, 0) is 4.79 Å². The highest BCUT2D eigenvalue weighted by atomic mass is 19.3. The van der Waals surface area contributed by atoms with Gasteiger partial charge in [0.2, 0.25) is 0 Å². The standard InChI is InChI=1S/C13H14F2N2O4/c1-7-5-16(6-10(7)13(18)19)11-3-2-8(17(20)21)4-9(11)12(14)15/h2-4,7,10,12H,5-6H2,1H3,(H,18,19)/t7-,10-/m1/s1. The van der Waals surface area contributed by atoms with Gasteiger partial charge in [-0.05, 0) is 12.0 Å². The van der Waals surface area contributed by atoms with E-state index in [-0.39, 0.29) is 18.2 Å². The van der Waals surface area contributed by atoms with Crippen molar-refractivity contribution in [1.82, 2.24) is 0 Å². The first kappa shape index (κ1) is 15.1. The lowest BCUT2D eigenvalue weighted by atomic mass is 9.99. The summed E-state index contributed by atoms with van der Waals surface area (Å²) >= 11 is 0. The van der Waals surface area contributed by atoms with E-state index < -0.39 is 34.5 Å². The van der Waals surface area contributed by atoms with E-state index in [4.69, 9.17) is 5.11 Å². The molecule has 1 aliphatic heterocycles. The van der Waals surface area contributed by atoms with Crippen molar-refractivity contribution in [2.24, 2.45) is 11.8 Å². The Morgan fingerprint density at radius 2 is 2.14 bits per heavy atom. The number of anilines is 1. The van der Waals surface area contributed by atoms with Gasteiger partial charge in [0, 0.05) is 36.5 Å². The maximum absolute atomic E-state index is 13.1. The molecule has 1 aromatic carbocycles. The maximum atomic E-state index is 13.1. The van der Waals surface area contributed by atoms with Crippen LogP contribution in [0, 0.1) is 22.0 Å². The fourth-order valence-electron chi connectivity index (χ4n) is 2.60. The smallest absolute Gasteiger partial charge is 0.308 e. The fraction of sp³-hybridized carbons (Fsp3) is 0.462. The molecular weight excluding hydrogens is 286 g/mol. The number of benzene rings is 1. The van der Waals surface area contributed by atoms with Gasteiger partial charge in [-0.2, -0.15) is 0 Å². The Bertz CT molecular complexity index is 579. The van der Waals surface area contributed by atoms with Gasteiger partial charge in [-0.1, -0.05) is 6.92 Å². The van der Waals surface area contributed by atoms with Gasteiger partial charge in [-0.25, -0.2) is 8.78 Å². The highest BCUT2D eigenvalue weighted by Gasteiger charge is 2.36. The molecule has 1 N–H and O–H groups in total. The summed E-state index contributed by atoms with van der Waals surface area (Å²) in [6.07, 6.45) is -2.86. The second kappa shape index (κ2) is 5.63. The summed E-state index contributed by atoms with van der Waals surface area (Å²) < 4.78 is 26.2. The lowest BCUT2D eigenvalue weighted by Crippen LogP contribution is -2.24. The summed E-state index contributed by atoms with van der Waals surface area (Å²) in [5.74, 6) is -1.78. The van der Waals surface area contributed by atoms with E-state index in [1.165, 1.54) is 6.07 Å². The molecule has 0 aromatic heterocycles. The molecule has 0 radical (unpaired) electrons. The lowest BCUT2D eigenvalue weighted by molar-refractivity contribution is -0.385. The van der Waals surface area contributed by atoms with Gasteiger partial charge < -0.3 is 10.0 Å². The van der Waals surface area contributed by atoms with Gasteiger partial charge in [0.15, 0.2) is 0 Å². The minimum atomic E-state index is -2.86. The van der Waals surface area contributed by atoms with Gasteiger partial charge >= 0.3 is 5.97 Å². The first-order chi connectivity index (χ1) is 9.81. The van der Waals surface area contributed by atoms with Crippen LogP contribution in [0.2, 0.25) is 0 Å². The molecule has 1 aliphatic rings. The zero-order valence-corrected chi connectivity index (χ0v) is 11.2. The van der Waals surface area contributed by atoms with E-state index in [0.29, 0.717) is 6.54 Å². The van der Waals surface area contributed by atoms with Crippen molar-refractivity contribution in [1.29, 1.82) is 0 Å². The molecule has 1 heterocycles. The quantitative estimate of drug-likeness (QED) is 0.682. The van der Waals surface area contributed by atoms with Crippen molar-refractivity contribution in [3.63, 3.8) is 0 Å². The number of carboxylic acid groups (broad SMARTS) is 1. The summed E-state index contributed by atoms with van der Waals surface area (Å²) in [7, 11) is 0. The summed E-state index contributed by atoms with van der Waals surface area (Å²) in [4.78, 5) is 22.6. The van der Waals surface area contributed by atoms with Crippen LogP contribution in [-0.4, -0.2) is 29.1 Å². The normalized spacial score (nSPS) is 21.8. The summed E-state index contributed by atoms with van der Waals surface area (Å²) in [6.45, 7) is 2.19. The average Bonchev–Trinajstić information content (AvgIpc) is 2.80. The van der Waals surface area contributed by atoms with E-state index in [2.05, 4.69) is 0 Å². The number of hydrogen-bond donors (Lipinski definition) is 1. The van der Waals surface area contributed by atoms with Crippen LogP contribution in [0.3, 0.4) is 0 Å². The molecule has 114 valence electrons. The van der Waals surface area contributed by atoms with E-state index >= 15 is 0 Å². The SMILES string of the molecule is C[C@@H]1CN(c2ccc([N+](=O)[O-])cc2C(F)F)C[C@H]1C(=O)O. The van der Waals surface area contributed by atoms with Gasteiger partial charge in [-0.15, -0.1) is 0 Å². The van der Waals surface area contributed by atoms with E-state index in [9.17, 15) is 23.7 Å². The molecule has 0 amide bonds. The third-order valence-corrected chi connectivity index (χ3v) is 3.73. The number of alkyl halides is 2. The Kier molecular flexibility index (Phi) is 4.06. The number of non-ortho nitro benzene ring substituents is 1. The molecule has 0 bridgehead atoms. The first-order valence-electron chi connectivity index (χ1n) is 6.35. The molecule has 0 unspecified atom stereocenters. The number of aliphatic carboxylic acids is 1. The number of rotatable bonds is 4. The highest BCUT2D eigenvalue weighted by molar-refractivity contribution is 5.73. The Balaban J connectivity index is 2.36. The number of carboxylic acids is 1. The Morgan fingerprint density at radius 3 is 2.62 bits per heavy atom. The predicted molar refractivity (Wildman–Crippen MR) is 70.6 cm³/mol. The van der Waals surface area contributed by atoms with Gasteiger partial charge in [0.1, 0.15) is 0 Å². The molecular formula is C13H14F2N2O4. The summed E-state index contributed by atoms with van der Waals surface area (Å²) in [5, 5.41) is 19.8. The van der Waals surface area contributed by atoms with Crippen LogP contribution in [0.15, 0.2) is 18.2 Å². The second-order valence-corrected chi connectivity index (χ2v) is 5.13. The van der Waals surface area contributed by atoms with Gasteiger partial charge in [0.05, 0.1) is 10.8 Å². The van der Waals surface area contributed by atoms with E-state index in [1.807, 2.05) is 0 Å². The number of carbonyl (C=O) groups is 1. The van der Waals surface area contributed by atoms with Crippen LogP contribution >= 0.6 is 0 Å². The molecule has 0 saturated carbocycles. The molecule has 1 aromatic rings. The second-order valence-electron chi connectivity index (χ2n) is 5.13. The van der Waals surface area contributed by atoms with Crippen molar-refractivity contribution in [2.45, 2.75) is 13.3 Å². The van der Waals surface area contributed by atoms with Gasteiger partial charge in [-0.3, -0.25) is 14.9 Å². The Morgan fingerprint density at radius 1 is 1.48 bits per heavy atom. The largest absolute Gasteiger partial charge is 0.481 e. The Labute approximate surface area is 119 Å². The van der Waals surface area contributed by atoms with E-state index in [0.717, 1.165) is 12.1 Å². The number of halogens is 2. The molecule has 6 nitrogen and oxygen atoms in total. The zero-order valence-electron chi connectivity index (χ0n) is 11.2. The summed E-state index contributed by atoms with van der Waals surface area (Å²) in [6, 6.07) is 3.26. The molecule has 2 rings (SSSR count). The van der Waals surface area contributed by atoms with Crippen molar-refractivity contribution >= 4 is 17.3 Å². The number of nitro benzene ring substituents is 1. The molecule has 2 atom stereocenters. The predicted octanol–water partition coefficient (Wildman–Crippen LogP) is 2.69. The molecule has 1 fully saturated rings. The molecule has 0 spiro atoms. The van der Waals surface area contributed by atoms with Crippen LogP contribution in [0.4, 0.5) is 20.2 Å². The van der Waals surface area contributed by atoms with Crippen molar-refractivity contribution in [3.05, 3.63) is 33.9 Å². The Hall–Kier alpha value is -2.25. The zero-order chi connectivity index (χ0) is 15.7. The average molecular weight is 300 g/mol. The number of hydrogen-bond acceptors (Lipinski definition) is 4. The first-order valence-corrected chi connectivity index (χ1v) is 6.35. The van der Waals surface area contributed by atoms with Gasteiger partial charge in [0.25, 0.3) is 12.1 Å². The molecule has 0 aliphatic carbocycles. The monoisotopic (exact) mass is 300 g/mol. The third kappa shape index (κ3) is 2.93. The van der Waals surface area contributed by atoms with Crippen molar-refractivity contribution in [3.8, 4) is 0 Å². The van der Waals surface area contributed by atoms with Crippen LogP contribution < -0.4 is 4.90 Å². The fourth-order valence-corrected chi connectivity index (χ4v) is 2.60. The molecule has 21 heavy (non-hydrogen) atoms. The van der Waals surface area contributed by atoms with Crippen LogP contribution in [0.25, 0.3) is 0 Å².